The number of carbonyl (C=O) groups is 1. The van der Waals surface area contributed by atoms with Crippen LogP contribution >= 0.6 is 23.1 Å². The van der Waals surface area contributed by atoms with Crippen LogP contribution in [0.5, 0.6) is 0 Å². The van der Waals surface area contributed by atoms with Gasteiger partial charge in [-0.25, -0.2) is 4.98 Å². The Balaban J connectivity index is 1.93. The predicted molar refractivity (Wildman–Crippen MR) is 128 cm³/mol. The molecule has 0 fully saturated rings. The van der Waals surface area contributed by atoms with E-state index in [0.29, 0.717) is 17.1 Å². The summed E-state index contributed by atoms with van der Waals surface area (Å²) in [5.41, 5.74) is 3.93. The second-order valence-corrected chi connectivity index (χ2v) is 10.2. The summed E-state index contributed by atoms with van der Waals surface area (Å²) in [5.74, 6) is -0.0904. The first-order valence-corrected chi connectivity index (χ1v) is 12.0. The van der Waals surface area contributed by atoms with Crippen LogP contribution in [0.1, 0.15) is 48.3 Å². The highest BCUT2D eigenvalue weighted by Gasteiger charge is 2.22. The zero-order valence-corrected chi connectivity index (χ0v) is 20.1. The number of carbonyl (C=O) groups excluding carboxylic acids is 1. The first-order valence-electron chi connectivity index (χ1n) is 10.3. The van der Waals surface area contributed by atoms with Crippen molar-refractivity contribution in [1.29, 1.82) is 0 Å². The number of unbranched alkanes of at least 4 members (excludes halogenated alkanes) is 1. The number of nitrogens with one attached hydrogen (secondary N) is 1. The lowest BCUT2D eigenvalue weighted by molar-refractivity contribution is -0.115. The van der Waals surface area contributed by atoms with Crippen molar-refractivity contribution in [3.8, 4) is 0 Å². The second kappa shape index (κ2) is 9.35. The molecule has 0 saturated heterocycles. The highest BCUT2D eigenvalue weighted by molar-refractivity contribution is 8.00. The van der Waals surface area contributed by atoms with Crippen molar-refractivity contribution in [3.63, 3.8) is 0 Å². The summed E-state index contributed by atoms with van der Waals surface area (Å²) in [6.45, 7) is 12.5. The van der Waals surface area contributed by atoms with Gasteiger partial charge in [0.05, 0.1) is 10.6 Å². The molecule has 1 amide bonds. The fraction of sp³-hybridized carbons (Fsp3) is 0.435. The summed E-state index contributed by atoms with van der Waals surface area (Å²) in [6.07, 6.45) is 1.88. The molecular weight excluding hydrogens is 414 g/mol. The Hall–Kier alpha value is -2.12. The van der Waals surface area contributed by atoms with Crippen LogP contribution < -0.4 is 10.9 Å². The van der Waals surface area contributed by atoms with Gasteiger partial charge in [0.1, 0.15) is 4.83 Å². The van der Waals surface area contributed by atoms with Gasteiger partial charge in [-0.05, 0) is 57.7 Å². The molecule has 2 heterocycles. The average Bonchev–Trinajstić information content (AvgIpc) is 2.98. The molecule has 3 rings (SSSR count). The van der Waals surface area contributed by atoms with Gasteiger partial charge in [0.25, 0.3) is 5.56 Å². The summed E-state index contributed by atoms with van der Waals surface area (Å²) in [5, 5.41) is 4.00. The number of amides is 1. The normalized spacial score (nSPS) is 12.3. The molecule has 0 saturated carbocycles. The standard InChI is InChI=1S/C23H29N3O2S2/c1-7-8-12-26-22(28)18-15(4)16(5)29-21(18)25-23(26)30-17(6)20(27)24-19-13(2)10-9-11-14(19)3/h9-11,17H,7-8,12H2,1-6H3,(H,24,27). The van der Waals surface area contributed by atoms with E-state index >= 15 is 0 Å². The van der Waals surface area contributed by atoms with E-state index in [2.05, 4.69) is 12.2 Å². The lowest BCUT2D eigenvalue weighted by Crippen LogP contribution is -2.27. The van der Waals surface area contributed by atoms with E-state index in [4.69, 9.17) is 4.98 Å². The molecule has 0 spiro atoms. The molecule has 5 nitrogen and oxygen atoms in total. The highest BCUT2D eigenvalue weighted by Crippen LogP contribution is 2.30. The molecular formula is C23H29N3O2S2. The second-order valence-electron chi connectivity index (χ2n) is 7.68. The Morgan fingerprint density at radius 3 is 2.53 bits per heavy atom. The molecule has 3 aromatic rings. The lowest BCUT2D eigenvalue weighted by Gasteiger charge is -2.17. The number of aromatic nitrogens is 2. The number of thioether (sulfide) groups is 1. The molecule has 1 atom stereocenters. The van der Waals surface area contributed by atoms with E-state index in [0.717, 1.165) is 44.9 Å². The molecule has 30 heavy (non-hydrogen) atoms. The SMILES string of the molecule is CCCCn1c(SC(C)C(=O)Nc2c(C)cccc2C)nc2sc(C)c(C)c2c1=O. The summed E-state index contributed by atoms with van der Waals surface area (Å²) in [4.78, 5) is 32.8. The van der Waals surface area contributed by atoms with Crippen molar-refractivity contribution >= 4 is 44.9 Å². The van der Waals surface area contributed by atoms with E-state index < -0.39 is 0 Å². The Bertz CT molecular complexity index is 1130. The number of fused-ring (bicyclic) bond motifs is 1. The van der Waals surface area contributed by atoms with E-state index in [1.165, 1.54) is 11.8 Å². The topological polar surface area (TPSA) is 64.0 Å². The third kappa shape index (κ3) is 4.47. The minimum Gasteiger partial charge on any atom is -0.325 e. The molecule has 0 bridgehead atoms. The monoisotopic (exact) mass is 443 g/mol. The van der Waals surface area contributed by atoms with Gasteiger partial charge < -0.3 is 5.32 Å². The van der Waals surface area contributed by atoms with Gasteiger partial charge in [0, 0.05) is 17.1 Å². The summed E-state index contributed by atoms with van der Waals surface area (Å²) >= 11 is 2.89. The van der Waals surface area contributed by atoms with Crippen molar-refractivity contribution < 1.29 is 4.79 Å². The van der Waals surface area contributed by atoms with Crippen molar-refractivity contribution in [2.75, 3.05) is 5.32 Å². The van der Waals surface area contributed by atoms with Gasteiger partial charge in [-0.1, -0.05) is 43.3 Å². The number of hydrogen-bond donors (Lipinski definition) is 1. The summed E-state index contributed by atoms with van der Waals surface area (Å²) in [6, 6.07) is 5.95. The molecule has 7 heteroatoms. The molecule has 1 unspecified atom stereocenters. The van der Waals surface area contributed by atoms with Crippen LogP contribution in [0.25, 0.3) is 10.2 Å². The van der Waals surface area contributed by atoms with Gasteiger partial charge in [-0.15, -0.1) is 11.3 Å². The van der Waals surface area contributed by atoms with Crippen molar-refractivity contribution in [2.45, 2.75) is 71.3 Å². The number of benzene rings is 1. The zero-order valence-electron chi connectivity index (χ0n) is 18.5. The van der Waals surface area contributed by atoms with Gasteiger partial charge in [0.2, 0.25) is 5.91 Å². The van der Waals surface area contributed by atoms with Crippen LogP contribution in [0.3, 0.4) is 0 Å². The fourth-order valence-corrected chi connectivity index (χ4v) is 5.37. The summed E-state index contributed by atoms with van der Waals surface area (Å²) in [7, 11) is 0. The number of rotatable bonds is 7. The smallest absolute Gasteiger partial charge is 0.263 e. The number of aryl methyl sites for hydroxylation is 4. The van der Waals surface area contributed by atoms with Crippen LogP contribution in [0.15, 0.2) is 28.2 Å². The van der Waals surface area contributed by atoms with E-state index in [9.17, 15) is 9.59 Å². The van der Waals surface area contributed by atoms with Crippen LogP contribution in [0.2, 0.25) is 0 Å². The largest absolute Gasteiger partial charge is 0.325 e. The number of anilines is 1. The first kappa shape index (κ1) is 22.6. The Morgan fingerprint density at radius 2 is 1.90 bits per heavy atom. The molecule has 2 aromatic heterocycles. The van der Waals surface area contributed by atoms with Gasteiger partial charge >= 0.3 is 0 Å². The molecule has 0 radical (unpaired) electrons. The molecule has 1 aromatic carbocycles. The molecule has 160 valence electrons. The molecule has 1 N–H and O–H groups in total. The van der Waals surface area contributed by atoms with Gasteiger partial charge in [-0.3, -0.25) is 14.2 Å². The van der Waals surface area contributed by atoms with Crippen molar-refractivity contribution in [3.05, 3.63) is 50.1 Å². The fourth-order valence-electron chi connectivity index (χ4n) is 3.36. The van der Waals surface area contributed by atoms with Crippen LogP contribution in [-0.4, -0.2) is 20.7 Å². The number of para-hydroxylation sites is 1. The van der Waals surface area contributed by atoms with Crippen molar-refractivity contribution in [1.82, 2.24) is 9.55 Å². The maximum absolute atomic E-state index is 13.2. The summed E-state index contributed by atoms with van der Waals surface area (Å²) < 4.78 is 1.75. The first-order chi connectivity index (χ1) is 14.2. The maximum atomic E-state index is 13.2. The molecule has 0 aliphatic carbocycles. The van der Waals surface area contributed by atoms with Crippen molar-refractivity contribution in [2.24, 2.45) is 0 Å². The van der Waals surface area contributed by atoms with Crippen LogP contribution in [0.4, 0.5) is 5.69 Å². The van der Waals surface area contributed by atoms with E-state index in [1.807, 2.05) is 52.8 Å². The zero-order chi connectivity index (χ0) is 22.0. The number of thiophene rings is 1. The number of nitrogens with zero attached hydrogens (tertiary/aromatic N) is 2. The quantitative estimate of drug-likeness (QED) is 0.381. The maximum Gasteiger partial charge on any atom is 0.263 e. The van der Waals surface area contributed by atoms with Gasteiger partial charge in [-0.2, -0.15) is 0 Å². The molecule has 0 aliphatic heterocycles. The number of hydrogen-bond acceptors (Lipinski definition) is 5. The lowest BCUT2D eigenvalue weighted by atomic mass is 10.1. The third-order valence-electron chi connectivity index (χ3n) is 5.37. The average molecular weight is 444 g/mol. The predicted octanol–water partition coefficient (Wildman–Crippen LogP) is 5.61. The third-order valence-corrected chi connectivity index (χ3v) is 7.56. The van der Waals surface area contributed by atoms with Gasteiger partial charge in [0.15, 0.2) is 5.16 Å². The minimum atomic E-state index is -0.386. The van der Waals surface area contributed by atoms with Crippen LogP contribution in [-0.2, 0) is 11.3 Å². The van der Waals surface area contributed by atoms with E-state index in [1.54, 1.807) is 15.9 Å². The molecule has 0 aliphatic rings. The van der Waals surface area contributed by atoms with Crippen LogP contribution in [0, 0.1) is 27.7 Å². The minimum absolute atomic E-state index is 0.000145. The Labute approximate surface area is 185 Å². The van der Waals surface area contributed by atoms with E-state index in [-0.39, 0.29) is 16.7 Å². The highest BCUT2D eigenvalue weighted by atomic mass is 32.2. The Morgan fingerprint density at radius 1 is 1.23 bits per heavy atom. The Kier molecular flexibility index (Phi) is 7.03.